The van der Waals surface area contributed by atoms with Crippen LogP contribution >= 0.6 is 7.82 Å². The van der Waals surface area contributed by atoms with Gasteiger partial charge in [0.1, 0.15) is 0 Å². The highest BCUT2D eigenvalue weighted by molar-refractivity contribution is 7.46. The molecule has 1 amide bonds. The lowest BCUT2D eigenvalue weighted by molar-refractivity contribution is -0.149. The lowest BCUT2D eigenvalue weighted by Gasteiger charge is -2.07. The summed E-state index contributed by atoms with van der Waals surface area (Å²) in [5, 5.41) is 0. The molecule has 0 aromatic rings. The molecule has 9 nitrogen and oxygen atoms in total. The van der Waals surface area contributed by atoms with E-state index < -0.39 is 26.7 Å². The molecule has 3 N–H and O–H groups in total. The summed E-state index contributed by atoms with van der Waals surface area (Å²) in [5.41, 5.74) is 1.58. The van der Waals surface area contributed by atoms with E-state index in [4.69, 9.17) is 9.79 Å². The van der Waals surface area contributed by atoms with Crippen molar-refractivity contribution in [2.24, 2.45) is 0 Å². The minimum atomic E-state index is -4.68. The first kappa shape index (κ1) is 13.8. The van der Waals surface area contributed by atoms with Crippen molar-refractivity contribution in [2.75, 3.05) is 6.79 Å². The van der Waals surface area contributed by atoms with Gasteiger partial charge in [-0.15, -0.1) is 5.48 Å². The summed E-state index contributed by atoms with van der Waals surface area (Å²) < 4.78 is 17.9. The molecule has 0 heterocycles. The third-order valence-electron chi connectivity index (χ3n) is 0.948. The summed E-state index contributed by atoms with van der Waals surface area (Å²) in [7, 11) is -4.68. The van der Waals surface area contributed by atoms with Crippen LogP contribution in [0.2, 0.25) is 0 Å². The second-order valence-electron chi connectivity index (χ2n) is 2.10. The Morgan fingerprint density at radius 1 is 1.40 bits per heavy atom. The molecule has 0 saturated heterocycles. The standard InChI is InChI=1S/C5H10NO8P/c1-2-4(7)14-6-5(8)12-3-13-15(9,10)11/h2-3H2,1H3,(H,6,8)(H2,9,10,11). The molecule has 0 aromatic carbocycles. The van der Waals surface area contributed by atoms with Gasteiger partial charge >= 0.3 is 19.9 Å². The number of nitrogens with one attached hydrogen (secondary N) is 1. The predicted molar refractivity (Wildman–Crippen MR) is 44.0 cm³/mol. The minimum absolute atomic E-state index is 0.0548. The van der Waals surface area contributed by atoms with Crippen molar-refractivity contribution < 1.29 is 38.0 Å². The van der Waals surface area contributed by atoms with Gasteiger partial charge in [0.15, 0.2) is 0 Å². The van der Waals surface area contributed by atoms with Crippen LogP contribution in [0.1, 0.15) is 13.3 Å². The van der Waals surface area contributed by atoms with Gasteiger partial charge in [0.05, 0.1) is 0 Å². The lowest BCUT2D eigenvalue weighted by atomic mass is 10.5. The maximum atomic E-state index is 10.6. The molecular formula is C5H10NO8P. The molecule has 0 aliphatic carbocycles. The molecule has 0 fully saturated rings. The smallest absolute Gasteiger partial charge is 0.420 e. The SMILES string of the molecule is CCC(=O)ONC(=O)OCOP(=O)(O)O. The first-order valence-corrected chi connectivity index (χ1v) is 5.20. The lowest BCUT2D eigenvalue weighted by Crippen LogP contribution is -2.27. The summed E-state index contributed by atoms with van der Waals surface area (Å²) in [6.07, 6.45) is -1.15. The van der Waals surface area contributed by atoms with Crippen LogP contribution in [0.5, 0.6) is 0 Å². The van der Waals surface area contributed by atoms with Crippen molar-refractivity contribution in [1.29, 1.82) is 0 Å². The van der Waals surface area contributed by atoms with Gasteiger partial charge in [-0.2, -0.15) is 0 Å². The highest BCUT2D eigenvalue weighted by atomic mass is 31.2. The number of hydrogen-bond donors (Lipinski definition) is 3. The van der Waals surface area contributed by atoms with Crippen molar-refractivity contribution in [3.05, 3.63) is 0 Å². The van der Waals surface area contributed by atoms with Gasteiger partial charge in [-0.1, -0.05) is 6.92 Å². The number of phosphoric acid groups is 1. The minimum Gasteiger partial charge on any atom is -0.420 e. The van der Waals surface area contributed by atoms with Crippen LogP contribution in [0.25, 0.3) is 0 Å². The molecule has 0 radical (unpaired) electrons. The van der Waals surface area contributed by atoms with E-state index in [1.165, 1.54) is 6.92 Å². The molecule has 10 heteroatoms. The molecule has 0 aliphatic heterocycles. The molecule has 0 unspecified atom stereocenters. The van der Waals surface area contributed by atoms with Crippen LogP contribution < -0.4 is 5.48 Å². The third kappa shape index (κ3) is 9.16. The fraction of sp³-hybridized carbons (Fsp3) is 0.600. The highest BCUT2D eigenvalue weighted by Gasteiger charge is 2.15. The van der Waals surface area contributed by atoms with Crippen LogP contribution in [0.3, 0.4) is 0 Å². The van der Waals surface area contributed by atoms with E-state index in [0.29, 0.717) is 0 Å². The monoisotopic (exact) mass is 243 g/mol. The second-order valence-corrected chi connectivity index (χ2v) is 3.34. The maximum Gasteiger partial charge on any atom is 0.472 e. The number of hydroxylamine groups is 1. The Kier molecular flexibility index (Phi) is 5.87. The van der Waals surface area contributed by atoms with Crippen molar-refractivity contribution in [2.45, 2.75) is 13.3 Å². The Morgan fingerprint density at radius 2 is 2.00 bits per heavy atom. The van der Waals surface area contributed by atoms with E-state index in [0.717, 1.165) is 0 Å². The van der Waals surface area contributed by atoms with Gasteiger partial charge in [-0.25, -0.2) is 18.7 Å². The normalized spacial score (nSPS) is 10.6. The van der Waals surface area contributed by atoms with E-state index in [-0.39, 0.29) is 6.42 Å². The van der Waals surface area contributed by atoms with Crippen LogP contribution in [0.15, 0.2) is 0 Å². The molecule has 0 aromatic heterocycles. The average Bonchev–Trinajstić information content (AvgIpc) is 2.12. The van der Waals surface area contributed by atoms with Crippen LogP contribution in [0, 0.1) is 0 Å². The van der Waals surface area contributed by atoms with Gasteiger partial charge in [0.2, 0.25) is 6.79 Å². The first-order valence-electron chi connectivity index (χ1n) is 3.67. The van der Waals surface area contributed by atoms with Gasteiger partial charge < -0.3 is 19.4 Å². The molecule has 0 saturated carbocycles. The van der Waals surface area contributed by atoms with E-state index >= 15 is 0 Å². The van der Waals surface area contributed by atoms with Gasteiger partial charge in [-0.3, -0.25) is 0 Å². The first-order chi connectivity index (χ1) is 6.85. The van der Waals surface area contributed by atoms with Gasteiger partial charge in [-0.05, 0) is 0 Å². The molecular weight excluding hydrogens is 233 g/mol. The zero-order valence-corrected chi connectivity index (χ0v) is 8.60. The number of ether oxygens (including phenoxy) is 1. The molecule has 0 aliphatic rings. The van der Waals surface area contributed by atoms with Gasteiger partial charge in [0.25, 0.3) is 0 Å². The largest absolute Gasteiger partial charge is 0.472 e. The number of phosphoric ester groups is 1. The van der Waals surface area contributed by atoms with Crippen molar-refractivity contribution >= 4 is 19.9 Å². The van der Waals surface area contributed by atoms with E-state index in [1.807, 2.05) is 0 Å². The van der Waals surface area contributed by atoms with Crippen molar-refractivity contribution in [3.63, 3.8) is 0 Å². The molecule has 0 bridgehead atoms. The summed E-state index contributed by atoms with van der Waals surface area (Å²) >= 11 is 0. The predicted octanol–water partition coefficient (Wildman–Crippen LogP) is -0.352. The Bertz CT molecular complexity index is 272. The Morgan fingerprint density at radius 3 is 2.47 bits per heavy atom. The van der Waals surface area contributed by atoms with E-state index in [2.05, 4.69) is 14.1 Å². The zero-order valence-electron chi connectivity index (χ0n) is 7.71. The fourth-order valence-corrected chi connectivity index (χ4v) is 0.539. The number of carbonyl (C=O) groups is 2. The van der Waals surface area contributed by atoms with Crippen LogP contribution in [-0.4, -0.2) is 28.6 Å². The highest BCUT2D eigenvalue weighted by Crippen LogP contribution is 2.35. The topological polar surface area (TPSA) is 131 Å². The quantitative estimate of drug-likeness (QED) is 0.346. The maximum absolute atomic E-state index is 10.6. The molecule has 15 heavy (non-hydrogen) atoms. The summed E-state index contributed by atoms with van der Waals surface area (Å²) in [5.74, 6) is -0.692. The van der Waals surface area contributed by atoms with Crippen LogP contribution in [0.4, 0.5) is 4.79 Å². The second kappa shape index (κ2) is 6.36. The Hall–Kier alpha value is -1.15. The molecule has 0 spiro atoms. The number of rotatable bonds is 4. The van der Waals surface area contributed by atoms with Crippen LogP contribution in [-0.2, 0) is 23.5 Å². The average molecular weight is 243 g/mol. The summed E-state index contributed by atoms with van der Waals surface area (Å²) in [4.78, 5) is 41.6. The Balaban J connectivity index is 3.59. The Labute approximate surface area is 84.5 Å². The number of hydrogen-bond acceptors (Lipinski definition) is 6. The molecule has 88 valence electrons. The van der Waals surface area contributed by atoms with Crippen molar-refractivity contribution in [3.8, 4) is 0 Å². The fourth-order valence-electron chi connectivity index (χ4n) is 0.349. The third-order valence-corrected chi connectivity index (χ3v) is 1.39. The zero-order chi connectivity index (χ0) is 11.9. The number of amides is 1. The number of carbonyl (C=O) groups excluding carboxylic acids is 2. The molecule has 0 rings (SSSR count). The molecule has 0 atom stereocenters. The summed E-state index contributed by atoms with van der Waals surface area (Å²) in [6, 6.07) is 0. The van der Waals surface area contributed by atoms with E-state index in [1.54, 1.807) is 5.48 Å². The summed E-state index contributed by atoms with van der Waals surface area (Å²) in [6.45, 7) is 0.548. The van der Waals surface area contributed by atoms with Gasteiger partial charge in [0, 0.05) is 6.42 Å². The van der Waals surface area contributed by atoms with E-state index in [9.17, 15) is 14.2 Å². The van der Waals surface area contributed by atoms with Crippen molar-refractivity contribution in [1.82, 2.24) is 5.48 Å².